The van der Waals surface area contributed by atoms with Crippen molar-refractivity contribution in [3.8, 4) is 0 Å². The zero-order chi connectivity index (χ0) is 10.2. The van der Waals surface area contributed by atoms with Crippen molar-refractivity contribution in [1.82, 2.24) is 0 Å². The van der Waals surface area contributed by atoms with Crippen LogP contribution in [0.15, 0.2) is 10.3 Å². The third-order valence-corrected chi connectivity index (χ3v) is 2.65. The van der Waals surface area contributed by atoms with Crippen molar-refractivity contribution in [3.63, 3.8) is 0 Å². The smallest absolute Gasteiger partial charge is 0.104 e. The van der Waals surface area contributed by atoms with Crippen LogP contribution in [0.25, 0.3) is 0 Å². The minimum absolute atomic E-state index is 0.550. The van der Waals surface area contributed by atoms with Gasteiger partial charge in [0.05, 0.1) is 0 Å². The lowest BCUT2D eigenvalue weighted by atomic mass is 9.98. The van der Waals surface area contributed by atoms with Crippen molar-refractivity contribution in [2.24, 2.45) is 10.3 Å². The molecule has 0 heterocycles. The van der Waals surface area contributed by atoms with Crippen LogP contribution in [0.2, 0.25) is 0 Å². The molecule has 1 fully saturated rings. The molecule has 2 N–H and O–H groups in total. The highest BCUT2D eigenvalue weighted by Crippen LogP contribution is 2.14. The van der Waals surface area contributed by atoms with Crippen molar-refractivity contribution in [1.29, 1.82) is 0 Å². The molecule has 4 nitrogen and oxygen atoms in total. The molecule has 0 bridgehead atoms. The molecule has 0 amide bonds. The Morgan fingerprint density at radius 1 is 0.643 bits per heavy atom. The molecule has 0 saturated heterocycles. The summed E-state index contributed by atoms with van der Waals surface area (Å²) in [6.07, 6.45) is 8.30. The second-order valence-corrected chi connectivity index (χ2v) is 3.71. The SMILES string of the molecule is ON=C1CCCCCCCCC1=NO. The van der Waals surface area contributed by atoms with Crippen molar-refractivity contribution in [3.05, 3.63) is 0 Å². The van der Waals surface area contributed by atoms with Crippen molar-refractivity contribution in [2.75, 3.05) is 0 Å². The van der Waals surface area contributed by atoms with Crippen LogP contribution in [0.1, 0.15) is 51.4 Å². The molecule has 0 aromatic carbocycles. The first-order chi connectivity index (χ1) is 6.88. The van der Waals surface area contributed by atoms with Crippen LogP contribution in [0, 0.1) is 0 Å². The van der Waals surface area contributed by atoms with Gasteiger partial charge in [0.15, 0.2) is 0 Å². The molecule has 0 aromatic heterocycles. The topological polar surface area (TPSA) is 65.2 Å². The predicted octanol–water partition coefficient (Wildman–Crippen LogP) is 2.78. The monoisotopic (exact) mass is 198 g/mol. The average molecular weight is 198 g/mol. The molecule has 0 unspecified atom stereocenters. The van der Waals surface area contributed by atoms with E-state index in [0.717, 1.165) is 38.5 Å². The van der Waals surface area contributed by atoms with Crippen LogP contribution in [0.5, 0.6) is 0 Å². The van der Waals surface area contributed by atoms with Gasteiger partial charge in [-0.05, 0) is 25.7 Å². The summed E-state index contributed by atoms with van der Waals surface area (Å²) in [5, 5.41) is 23.9. The van der Waals surface area contributed by atoms with Gasteiger partial charge in [0.1, 0.15) is 11.4 Å². The number of hydrogen-bond acceptors (Lipinski definition) is 4. The summed E-state index contributed by atoms with van der Waals surface area (Å²) >= 11 is 0. The Bertz CT molecular complexity index is 200. The van der Waals surface area contributed by atoms with E-state index in [2.05, 4.69) is 10.3 Å². The molecule has 0 radical (unpaired) electrons. The van der Waals surface area contributed by atoms with Gasteiger partial charge in [-0.25, -0.2) is 0 Å². The Morgan fingerprint density at radius 2 is 1.00 bits per heavy atom. The summed E-state index contributed by atoms with van der Waals surface area (Å²) in [6, 6.07) is 0. The quantitative estimate of drug-likeness (QED) is 0.464. The van der Waals surface area contributed by atoms with E-state index in [-0.39, 0.29) is 0 Å². The van der Waals surface area contributed by atoms with E-state index in [1.165, 1.54) is 12.8 Å². The average Bonchev–Trinajstić information content (AvgIpc) is 2.24. The lowest BCUT2D eigenvalue weighted by Gasteiger charge is -2.09. The fourth-order valence-electron chi connectivity index (χ4n) is 1.80. The van der Waals surface area contributed by atoms with Crippen molar-refractivity contribution < 1.29 is 10.4 Å². The normalized spacial score (nSPS) is 26.6. The van der Waals surface area contributed by atoms with Gasteiger partial charge in [0, 0.05) is 0 Å². The maximum absolute atomic E-state index is 8.77. The standard InChI is InChI=1S/C10H18N2O2/c13-11-9-7-5-3-1-2-4-6-8-10(9)12-14/h13-14H,1-8H2. The second kappa shape index (κ2) is 6.40. The summed E-state index contributed by atoms with van der Waals surface area (Å²) in [6.45, 7) is 0. The molecule has 0 aromatic rings. The van der Waals surface area contributed by atoms with Gasteiger partial charge in [-0.3, -0.25) is 0 Å². The zero-order valence-corrected chi connectivity index (χ0v) is 8.45. The summed E-state index contributed by atoms with van der Waals surface area (Å²) in [5.41, 5.74) is 1.10. The maximum Gasteiger partial charge on any atom is 0.104 e. The number of oxime groups is 2. The summed E-state index contributed by atoms with van der Waals surface area (Å²) < 4.78 is 0. The van der Waals surface area contributed by atoms with Crippen molar-refractivity contribution in [2.45, 2.75) is 51.4 Å². The molecule has 1 aliphatic carbocycles. The molecule has 80 valence electrons. The van der Waals surface area contributed by atoms with Gasteiger partial charge >= 0.3 is 0 Å². The van der Waals surface area contributed by atoms with E-state index < -0.39 is 0 Å². The number of nitrogens with zero attached hydrogens (tertiary/aromatic N) is 2. The second-order valence-electron chi connectivity index (χ2n) is 3.71. The Kier molecular flexibility index (Phi) is 5.04. The van der Waals surface area contributed by atoms with Crippen LogP contribution in [0.3, 0.4) is 0 Å². The van der Waals surface area contributed by atoms with Crippen LogP contribution in [-0.4, -0.2) is 21.8 Å². The van der Waals surface area contributed by atoms with E-state index in [0.29, 0.717) is 11.4 Å². The molecular weight excluding hydrogens is 180 g/mol. The van der Waals surface area contributed by atoms with E-state index in [9.17, 15) is 0 Å². The van der Waals surface area contributed by atoms with Crippen LogP contribution >= 0.6 is 0 Å². The number of hydrogen-bond donors (Lipinski definition) is 2. The van der Waals surface area contributed by atoms with Gasteiger partial charge in [0.2, 0.25) is 0 Å². The highest BCUT2D eigenvalue weighted by Gasteiger charge is 2.11. The van der Waals surface area contributed by atoms with Gasteiger partial charge in [0.25, 0.3) is 0 Å². The molecule has 1 aliphatic rings. The van der Waals surface area contributed by atoms with Crippen LogP contribution < -0.4 is 0 Å². The molecule has 0 aliphatic heterocycles. The molecule has 4 heteroatoms. The first kappa shape index (κ1) is 11.0. The van der Waals surface area contributed by atoms with E-state index in [1.807, 2.05) is 0 Å². The summed E-state index contributed by atoms with van der Waals surface area (Å²) in [7, 11) is 0. The fourth-order valence-corrected chi connectivity index (χ4v) is 1.80. The Morgan fingerprint density at radius 3 is 1.36 bits per heavy atom. The lowest BCUT2D eigenvalue weighted by molar-refractivity contribution is 0.311. The van der Waals surface area contributed by atoms with E-state index in [4.69, 9.17) is 10.4 Å². The highest BCUT2D eigenvalue weighted by molar-refractivity contribution is 6.42. The molecule has 1 rings (SSSR count). The van der Waals surface area contributed by atoms with Crippen LogP contribution in [-0.2, 0) is 0 Å². The molecule has 1 saturated carbocycles. The minimum atomic E-state index is 0.550. The van der Waals surface area contributed by atoms with E-state index in [1.54, 1.807) is 0 Å². The van der Waals surface area contributed by atoms with E-state index >= 15 is 0 Å². The first-order valence-corrected chi connectivity index (χ1v) is 5.30. The summed E-state index contributed by atoms with van der Waals surface area (Å²) in [5.74, 6) is 0. The Labute approximate surface area is 84.3 Å². The van der Waals surface area contributed by atoms with Gasteiger partial charge < -0.3 is 10.4 Å². The molecule has 0 spiro atoms. The lowest BCUT2D eigenvalue weighted by Crippen LogP contribution is -2.15. The third-order valence-electron chi connectivity index (χ3n) is 2.65. The largest absolute Gasteiger partial charge is 0.411 e. The first-order valence-electron chi connectivity index (χ1n) is 5.30. The maximum atomic E-state index is 8.77. The third kappa shape index (κ3) is 3.36. The van der Waals surface area contributed by atoms with Crippen LogP contribution in [0.4, 0.5) is 0 Å². The summed E-state index contributed by atoms with van der Waals surface area (Å²) in [4.78, 5) is 0. The fraction of sp³-hybridized carbons (Fsp3) is 0.800. The van der Waals surface area contributed by atoms with Crippen molar-refractivity contribution >= 4 is 11.4 Å². The predicted molar refractivity (Wildman–Crippen MR) is 55.4 cm³/mol. The molecular formula is C10H18N2O2. The Balaban J connectivity index is 2.59. The minimum Gasteiger partial charge on any atom is -0.411 e. The Hall–Kier alpha value is -1.06. The zero-order valence-electron chi connectivity index (χ0n) is 8.45. The highest BCUT2D eigenvalue weighted by atomic mass is 16.4. The molecule has 14 heavy (non-hydrogen) atoms. The van der Waals surface area contributed by atoms with Gasteiger partial charge in [-0.15, -0.1) is 0 Å². The number of rotatable bonds is 0. The van der Waals surface area contributed by atoms with Gasteiger partial charge in [-0.2, -0.15) is 0 Å². The molecule has 0 atom stereocenters. The van der Waals surface area contributed by atoms with Gasteiger partial charge in [-0.1, -0.05) is 36.0 Å².